The van der Waals surface area contributed by atoms with Crippen LogP contribution in [0.25, 0.3) is 11.1 Å². The molecule has 3 aromatic rings. The second-order valence-electron chi connectivity index (χ2n) is 10.6. The second kappa shape index (κ2) is 9.55. The van der Waals surface area contributed by atoms with Crippen LogP contribution in [0.2, 0.25) is 0 Å². The Bertz CT molecular complexity index is 1350. The standard InChI is InChI=1S/C30H27F4NO4/c31-27-14-20(39-30(32,33)34)12-13-26(27)29(37)15-18-6-5-7-19(16-29)35(18)28(36)38-17-25-23-10-3-1-8-21(23)22-9-2-4-11-24(22)25/h1-4,8-14,18-19,25,37H,5-7,15-17H2. The molecule has 3 aliphatic rings. The number of aliphatic hydroxyl groups is 1. The molecule has 0 aromatic heterocycles. The second-order valence-corrected chi connectivity index (χ2v) is 10.6. The number of carbonyl (C=O) groups is 1. The van der Waals surface area contributed by atoms with Gasteiger partial charge in [-0.25, -0.2) is 9.18 Å². The molecule has 0 spiro atoms. The molecule has 1 N–H and O–H groups in total. The van der Waals surface area contributed by atoms with E-state index in [1.54, 1.807) is 4.90 Å². The topological polar surface area (TPSA) is 59.0 Å². The molecule has 204 valence electrons. The molecule has 2 aliphatic heterocycles. The maximum absolute atomic E-state index is 14.9. The molecule has 1 aliphatic carbocycles. The third-order valence-electron chi connectivity index (χ3n) is 8.23. The lowest BCUT2D eigenvalue weighted by Gasteiger charge is -2.51. The van der Waals surface area contributed by atoms with Crippen LogP contribution in [0.3, 0.4) is 0 Å². The predicted molar refractivity (Wildman–Crippen MR) is 135 cm³/mol. The maximum atomic E-state index is 14.9. The molecule has 2 saturated heterocycles. The molecule has 3 aromatic carbocycles. The first kappa shape index (κ1) is 25.7. The van der Waals surface area contributed by atoms with Crippen LogP contribution >= 0.6 is 0 Å². The zero-order chi connectivity index (χ0) is 27.4. The van der Waals surface area contributed by atoms with E-state index in [-0.39, 0.29) is 43.0 Å². The van der Waals surface area contributed by atoms with Gasteiger partial charge in [0, 0.05) is 42.5 Å². The van der Waals surface area contributed by atoms with Crippen molar-refractivity contribution in [2.45, 2.75) is 62.1 Å². The van der Waals surface area contributed by atoms with Gasteiger partial charge in [-0.3, -0.25) is 0 Å². The summed E-state index contributed by atoms with van der Waals surface area (Å²) in [7, 11) is 0. The van der Waals surface area contributed by atoms with Gasteiger partial charge >= 0.3 is 12.5 Å². The number of nitrogens with zero attached hydrogens (tertiary/aromatic N) is 1. The zero-order valence-corrected chi connectivity index (χ0v) is 21.0. The van der Waals surface area contributed by atoms with Crippen molar-refractivity contribution in [1.82, 2.24) is 4.90 Å². The van der Waals surface area contributed by atoms with Gasteiger partial charge in [-0.1, -0.05) is 48.5 Å². The molecule has 39 heavy (non-hydrogen) atoms. The molecule has 2 fully saturated rings. The monoisotopic (exact) mass is 541 g/mol. The van der Waals surface area contributed by atoms with Crippen molar-refractivity contribution in [1.29, 1.82) is 0 Å². The lowest BCUT2D eigenvalue weighted by Crippen LogP contribution is -2.59. The van der Waals surface area contributed by atoms with Crippen LogP contribution in [0.4, 0.5) is 22.4 Å². The van der Waals surface area contributed by atoms with Crippen LogP contribution in [0.1, 0.15) is 54.7 Å². The lowest BCUT2D eigenvalue weighted by atomic mass is 9.72. The van der Waals surface area contributed by atoms with Crippen molar-refractivity contribution in [2.75, 3.05) is 6.61 Å². The number of hydrogen-bond donors (Lipinski definition) is 1. The summed E-state index contributed by atoms with van der Waals surface area (Å²) in [6.07, 6.45) is -3.23. The van der Waals surface area contributed by atoms with Crippen molar-refractivity contribution in [3.8, 4) is 16.9 Å². The van der Waals surface area contributed by atoms with E-state index < -0.39 is 29.6 Å². The molecular formula is C30H27F4NO4. The molecule has 0 saturated carbocycles. The number of piperidine rings is 2. The molecule has 0 radical (unpaired) electrons. The number of fused-ring (bicyclic) bond motifs is 5. The molecule has 2 unspecified atom stereocenters. The van der Waals surface area contributed by atoms with E-state index in [4.69, 9.17) is 4.74 Å². The number of ether oxygens (including phenoxy) is 2. The smallest absolute Gasteiger partial charge is 0.448 e. The van der Waals surface area contributed by atoms with Gasteiger partial charge in [-0.05, 0) is 53.6 Å². The number of halogens is 4. The Morgan fingerprint density at radius 2 is 1.54 bits per heavy atom. The van der Waals surface area contributed by atoms with Gasteiger partial charge in [-0.15, -0.1) is 13.2 Å². The van der Waals surface area contributed by atoms with Crippen molar-refractivity contribution >= 4 is 6.09 Å². The fourth-order valence-corrected chi connectivity index (χ4v) is 6.69. The number of carbonyl (C=O) groups excluding carboxylic acids is 1. The van der Waals surface area contributed by atoms with Crippen molar-refractivity contribution < 1.29 is 36.9 Å². The largest absolute Gasteiger partial charge is 0.573 e. The van der Waals surface area contributed by atoms with E-state index in [1.807, 2.05) is 36.4 Å². The first-order valence-electron chi connectivity index (χ1n) is 13.0. The van der Waals surface area contributed by atoms with Crippen LogP contribution in [-0.2, 0) is 10.3 Å². The Morgan fingerprint density at radius 3 is 2.10 bits per heavy atom. The Kier molecular flexibility index (Phi) is 6.29. The minimum atomic E-state index is -4.95. The van der Waals surface area contributed by atoms with Gasteiger partial charge in [0.25, 0.3) is 0 Å². The van der Waals surface area contributed by atoms with Gasteiger partial charge in [0.05, 0.1) is 5.60 Å². The SMILES string of the molecule is O=C(OCC1c2ccccc2-c2ccccc21)N1C2CCCC1CC(O)(c1ccc(OC(F)(F)F)cc1F)C2. The van der Waals surface area contributed by atoms with Crippen molar-refractivity contribution in [2.24, 2.45) is 0 Å². The Labute approximate surface area is 223 Å². The van der Waals surface area contributed by atoms with E-state index in [1.165, 1.54) is 0 Å². The van der Waals surface area contributed by atoms with Gasteiger partial charge < -0.3 is 19.5 Å². The zero-order valence-electron chi connectivity index (χ0n) is 21.0. The first-order chi connectivity index (χ1) is 18.6. The summed E-state index contributed by atoms with van der Waals surface area (Å²) in [4.78, 5) is 15.1. The van der Waals surface area contributed by atoms with E-state index in [9.17, 15) is 27.5 Å². The quantitative estimate of drug-likeness (QED) is 0.366. The molecule has 5 nitrogen and oxygen atoms in total. The maximum Gasteiger partial charge on any atom is 0.573 e. The molecule has 6 rings (SSSR count). The minimum absolute atomic E-state index is 0.0596. The van der Waals surface area contributed by atoms with E-state index in [0.29, 0.717) is 18.9 Å². The number of amides is 1. The van der Waals surface area contributed by atoms with Gasteiger partial charge in [-0.2, -0.15) is 0 Å². The first-order valence-corrected chi connectivity index (χ1v) is 13.0. The highest BCUT2D eigenvalue weighted by Gasteiger charge is 2.50. The lowest BCUT2D eigenvalue weighted by molar-refractivity contribution is -0.274. The third kappa shape index (κ3) is 4.73. The average molecular weight is 542 g/mol. The van der Waals surface area contributed by atoms with Crippen LogP contribution in [-0.4, -0.2) is 41.2 Å². The normalized spacial score (nSPS) is 24.2. The summed E-state index contributed by atoms with van der Waals surface area (Å²) in [6, 6.07) is 18.1. The summed E-state index contributed by atoms with van der Waals surface area (Å²) in [5.74, 6) is -1.76. The summed E-state index contributed by atoms with van der Waals surface area (Å²) >= 11 is 0. The molecular weight excluding hydrogens is 514 g/mol. The third-order valence-corrected chi connectivity index (χ3v) is 8.23. The molecule has 2 heterocycles. The number of rotatable bonds is 4. The minimum Gasteiger partial charge on any atom is -0.448 e. The number of hydrogen-bond acceptors (Lipinski definition) is 4. The summed E-state index contributed by atoms with van der Waals surface area (Å²) < 4.78 is 62.2. The van der Waals surface area contributed by atoms with E-state index in [2.05, 4.69) is 16.9 Å². The van der Waals surface area contributed by atoms with Crippen molar-refractivity contribution in [3.63, 3.8) is 0 Å². The van der Waals surface area contributed by atoms with Crippen LogP contribution < -0.4 is 4.74 Å². The van der Waals surface area contributed by atoms with Crippen LogP contribution in [0.5, 0.6) is 5.75 Å². The average Bonchev–Trinajstić information content (AvgIpc) is 3.19. The van der Waals surface area contributed by atoms with Gasteiger partial charge in [0.15, 0.2) is 0 Å². The Hall–Kier alpha value is -3.59. The van der Waals surface area contributed by atoms with Crippen molar-refractivity contribution in [3.05, 3.63) is 89.2 Å². The summed E-state index contributed by atoms with van der Waals surface area (Å²) in [5.41, 5.74) is 2.74. The number of benzene rings is 3. The Morgan fingerprint density at radius 1 is 0.949 bits per heavy atom. The molecule has 1 amide bonds. The fourth-order valence-electron chi connectivity index (χ4n) is 6.69. The fraction of sp³-hybridized carbons (Fsp3) is 0.367. The van der Waals surface area contributed by atoms with E-state index >= 15 is 0 Å². The predicted octanol–water partition coefficient (Wildman–Crippen LogP) is 6.88. The summed E-state index contributed by atoms with van der Waals surface area (Å²) in [5, 5.41) is 11.5. The molecule has 9 heteroatoms. The van der Waals surface area contributed by atoms with Gasteiger partial charge in [0.2, 0.25) is 0 Å². The molecule has 2 bridgehead atoms. The number of alkyl halides is 3. The highest BCUT2D eigenvalue weighted by atomic mass is 19.4. The van der Waals surface area contributed by atoms with Gasteiger partial charge in [0.1, 0.15) is 18.2 Å². The highest BCUT2D eigenvalue weighted by Crippen LogP contribution is 2.47. The Balaban J connectivity index is 1.18. The van der Waals surface area contributed by atoms with Crippen LogP contribution in [0, 0.1) is 5.82 Å². The highest BCUT2D eigenvalue weighted by molar-refractivity contribution is 5.79. The molecule has 2 atom stereocenters. The summed E-state index contributed by atoms with van der Waals surface area (Å²) in [6.45, 7) is 0.169. The van der Waals surface area contributed by atoms with Crippen LogP contribution in [0.15, 0.2) is 66.7 Å². The van der Waals surface area contributed by atoms with E-state index in [0.717, 1.165) is 40.8 Å².